The Kier molecular flexibility index (Phi) is 7.39. The summed E-state index contributed by atoms with van der Waals surface area (Å²) in [7, 11) is -3.90. The molecule has 2 aromatic carbocycles. The van der Waals surface area contributed by atoms with E-state index in [4.69, 9.17) is 4.74 Å². The third-order valence-electron chi connectivity index (χ3n) is 4.21. The molecule has 2 aromatic rings. The number of amides is 1. The highest BCUT2D eigenvalue weighted by Gasteiger charge is 2.22. The quantitative estimate of drug-likeness (QED) is 0.641. The Bertz CT molecular complexity index is 1000. The van der Waals surface area contributed by atoms with Crippen molar-refractivity contribution in [2.45, 2.75) is 45.1 Å². The zero-order chi connectivity index (χ0) is 21.6. The predicted molar refractivity (Wildman–Crippen MR) is 111 cm³/mol. The van der Waals surface area contributed by atoms with E-state index >= 15 is 0 Å². The van der Waals surface area contributed by atoms with Gasteiger partial charge in [-0.3, -0.25) is 9.52 Å². The molecule has 8 heteroatoms. The molecule has 0 bridgehead atoms. The lowest BCUT2D eigenvalue weighted by Gasteiger charge is -2.15. The Balaban J connectivity index is 2.22. The molecule has 0 aromatic heterocycles. The summed E-state index contributed by atoms with van der Waals surface area (Å²) in [5.41, 5.74) is 1.97. The number of nitrogens with one attached hydrogen (secondary N) is 2. The molecule has 0 spiro atoms. The standard InChI is InChI=1S/C21H26N2O5S/c1-5-11-22-20(24)16(4)28-21(25)19-13-18(10-9-15(19)3)29(26,27)23-17-8-6-7-14(2)12-17/h6-10,12-13,16,23H,5,11H2,1-4H3,(H,22,24). The second kappa shape index (κ2) is 9.56. The van der Waals surface area contributed by atoms with Crippen molar-refractivity contribution in [1.29, 1.82) is 0 Å². The van der Waals surface area contributed by atoms with Crippen molar-refractivity contribution in [2.75, 3.05) is 11.3 Å². The number of carbonyl (C=O) groups is 2. The first-order chi connectivity index (χ1) is 13.6. The minimum atomic E-state index is -3.90. The maximum atomic E-state index is 12.7. The van der Waals surface area contributed by atoms with Crippen LogP contribution in [-0.2, 0) is 19.6 Å². The van der Waals surface area contributed by atoms with Crippen LogP contribution in [0, 0.1) is 13.8 Å². The molecule has 29 heavy (non-hydrogen) atoms. The van der Waals surface area contributed by atoms with E-state index in [0.717, 1.165) is 12.0 Å². The number of hydrogen-bond donors (Lipinski definition) is 2. The van der Waals surface area contributed by atoms with Gasteiger partial charge >= 0.3 is 5.97 Å². The second-order valence-corrected chi connectivity index (χ2v) is 8.47. The van der Waals surface area contributed by atoms with Crippen LogP contribution in [0.5, 0.6) is 0 Å². The van der Waals surface area contributed by atoms with Gasteiger partial charge in [0.15, 0.2) is 6.10 Å². The van der Waals surface area contributed by atoms with Gasteiger partial charge in [-0.2, -0.15) is 0 Å². The first-order valence-corrected chi connectivity index (χ1v) is 10.8. The van der Waals surface area contributed by atoms with E-state index in [2.05, 4.69) is 10.0 Å². The van der Waals surface area contributed by atoms with Gasteiger partial charge in [0.1, 0.15) is 0 Å². The van der Waals surface area contributed by atoms with E-state index in [1.165, 1.54) is 25.1 Å². The number of sulfonamides is 1. The van der Waals surface area contributed by atoms with Gasteiger partial charge in [-0.25, -0.2) is 13.2 Å². The summed E-state index contributed by atoms with van der Waals surface area (Å²) in [6.45, 7) is 7.39. The summed E-state index contributed by atoms with van der Waals surface area (Å²) >= 11 is 0. The molecule has 0 fully saturated rings. The molecule has 0 saturated heterocycles. The minimum absolute atomic E-state index is 0.0698. The molecule has 1 atom stereocenters. The van der Waals surface area contributed by atoms with Crippen LogP contribution in [-0.4, -0.2) is 32.9 Å². The number of carbonyl (C=O) groups excluding carboxylic acids is 2. The smallest absolute Gasteiger partial charge is 0.339 e. The van der Waals surface area contributed by atoms with Crippen LogP contribution in [0.1, 0.15) is 41.8 Å². The highest BCUT2D eigenvalue weighted by atomic mass is 32.2. The normalized spacial score (nSPS) is 12.1. The molecule has 0 aliphatic rings. The van der Waals surface area contributed by atoms with E-state index < -0.39 is 28.0 Å². The van der Waals surface area contributed by atoms with Gasteiger partial charge in [0.25, 0.3) is 15.9 Å². The molecule has 156 valence electrons. The Morgan fingerprint density at radius 2 is 1.83 bits per heavy atom. The highest BCUT2D eigenvalue weighted by Crippen LogP contribution is 2.21. The molecule has 2 rings (SSSR count). The van der Waals surface area contributed by atoms with Gasteiger partial charge in [0, 0.05) is 12.2 Å². The van der Waals surface area contributed by atoms with Crippen molar-refractivity contribution >= 4 is 27.6 Å². The molecular weight excluding hydrogens is 392 g/mol. The van der Waals surface area contributed by atoms with E-state index in [1.807, 2.05) is 19.9 Å². The zero-order valence-electron chi connectivity index (χ0n) is 17.0. The molecule has 0 heterocycles. The second-order valence-electron chi connectivity index (χ2n) is 6.79. The lowest BCUT2D eigenvalue weighted by molar-refractivity contribution is -0.129. The lowest BCUT2D eigenvalue weighted by atomic mass is 10.1. The van der Waals surface area contributed by atoms with Crippen molar-refractivity contribution in [3.8, 4) is 0 Å². The van der Waals surface area contributed by atoms with Gasteiger partial charge in [0.2, 0.25) is 0 Å². The summed E-state index contributed by atoms with van der Waals surface area (Å²) in [4.78, 5) is 24.4. The molecular formula is C21H26N2O5S. The molecule has 2 N–H and O–H groups in total. The Morgan fingerprint density at radius 3 is 2.48 bits per heavy atom. The van der Waals surface area contributed by atoms with Crippen molar-refractivity contribution in [3.63, 3.8) is 0 Å². The fraction of sp³-hybridized carbons (Fsp3) is 0.333. The van der Waals surface area contributed by atoms with Crippen LogP contribution in [0.25, 0.3) is 0 Å². The van der Waals surface area contributed by atoms with Crippen molar-refractivity contribution in [1.82, 2.24) is 5.32 Å². The molecule has 1 unspecified atom stereocenters. The number of esters is 1. The van der Waals surface area contributed by atoms with E-state index in [0.29, 0.717) is 17.8 Å². The van der Waals surface area contributed by atoms with Crippen molar-refractivity contribution in [3.05, 3.63) is 59.2 Å². The van der Waals surface area contributed by atoms with Crippen LogP contribution in [0.4, 0.5) is 5.69 Å². The number of rotatable bonds is 8. The van der Waals surface area contributed by atoms with Crippen LogP contribution in [0.2, 0.25) is 0 Å². The molecule has 0 aliphatic heterocycles. The average Bonchev–Trinajstić information content (AvgIpc) is 2.65. The average molecular weight is 419 g/mol. The first kappa shape index (κ1) is 22.4. The van der Waals surface area contributed by atoms with Crippen molar-refractivity contribution in [2.24, 2.45) is 0 Å². The predicted octanol–water partition coefficient (Wildman–Crippen LogP) is 3.18. The maximum absolute atomic E-state index is 12.7. The fourth-order valence-electron chi connectivity index (χ4n) is 2.58. The maximum Gasteiger partial charge on any atom is 0.339 e. The van der Waals surface area contributed by atoms with Gasteiger partial charge in [0.05, 0.1) is 10.5 Å². The SMILES string of the molecule is CCCNC(=O)C(C)OC(=O)c1cc(S(=O)(=O)Nc2cccc(C)c2)ccc1C. The van der Waals surface area contributed by atoms with Gasteiger partial charge < -0.3 is 10.1 Å². The van der Waals surface area contributed by atoms with Gasteiger partial charge in [-0.15, -0.1) is 0 Å². The molecule has 7 nitrogen and oxygen atoms in total. The Labute approximate surface area is 171 Å². The van der Waals surface area contributed by atoms with Gasteiger partial charge in [-0.05, 0) is 62.6 Å². The van der Waals surface area contributed by atoms with Crippen LogP contribution >= 0.6 is 0 Å². The minimum Gasteiger partial charge on any atom is -0.449 e. The first-order valence-electron chi connectivity index (χ1n) is 9.33. The van der Waals surface area contributed by atoms with E-state index in [9.17, 15) is 18.0 Å². The largest absolute Gasteiger partial charge is 0.449 e. The van der Waals surface area contributed by atoms with E-state index in [-0.39, 0.29) is 10.5 Å². The fourth-order valence-corrected chi connectivity index (χ4v) is 3.66. The summed E-state index contributed by atoms with van der Waals surface area (Å²) in [6.07, 6.45) is -0.224. The summed E-state index contributed by atoms with van der Waals surface area (Å²) in [5, 5.41) is 2.65. The number of benzene rings is 2. The highest BCUT2D eigenvalue weighted by molar-refractivity contribution is 7.92. The zero-order valence-corrected chi connectivity index (χ0v) is 17.8. The van der Waals surface area contributed by atoms with Crippen molar-refractivity contribution < 1.29 is 22.7 Å². The number of hydrogen-bond acceptors (Lipinski definition) is 5. The summed E-state index contributed by atoms with van der Waals surface area (Å²) < 4.78 is 33.2. The Hall–Kier alpha value is -2.87. The third-order valence-corrected chi connectivity index (χ3v) is 5.59. The number of aryl methyl sites for hydroxylation is 2. The Morgan fingerprint density at radius 1 is 1.10 bits per heavy atom. The number of anilines is 1. The summed E-state index contributed by atoms with van der Waals surface area (Å²) in [5.74, 6) is -1.16. The molecule has 1 amide bonds. The monoisotopic (exact) mass is 418 g/mol. The van der Waals surface area contributed by atoms with E-state index in [1.54, 1.807) is 25.1 Å². The molecule has 0 aliphatic carbocycles. The topological polar surface area (TPSA) is 102 Å². The van der Waals surface area contributed by atoms with Crippen LogP contribution < -0.4 is 10.0 Å². The van der Waals surface area contributed by atoms with Crippen LogP contribution in [0.3, 0.4) is 0 Å². The molecule has 0 radical (unpaired) electrons. The lowest BCUT2D eigenvalue weighted by Crippen LogP contribution is -2.36. The number of ether oxygens (including phenoxy) is 1. The molecule has 0 saturated carbocycles. The summed E-state index contributed by atoms with van der Waals surface area (Å²) in [6, 6.07) is 11.2. The third kappa shape index (κ3) is 6.05. The van der Waals surface area contributed by atoms with Crippen LogP contribution in [0.15, 0.2) is 47.4 Å². The van der Waals surface area contributed by atoms with Gasteiger partial charge in [-0.1, -0.05) is 25.1 Å².